The Morgan fingerprint density at radius 2 is 2.11 bits per heavy atom. The van der Waals surface area contributed by atoms with Crippen molar-refractivity contribution in [1.29, 1.82) is 0 Å². The Morgan fingerprint density at radius 3 is 2.72 bits per heavy atom. The molecule has 0 aliphatic rings. The molecule has 18 heavy (non-hydrogen) atoms. The van der Waals surface area contributed by atoms with E-state index in [1.54, 1.807) is 16.8 Å². The number of carbonyl (C=O) groups is 3. The SMILES string of the molecule is COC(=O)CNC(=O)CCNC(=O)c1ccsc1. The fourth-order valence-corrected chi connectivity index (χ4v) is 1.75. The molecule has 0 saturated heterocycles. The summed E-state index contributed by atoms with van der Waals surface area (Å²) in [5, 5.41) is 8.52. The van der Waals surface area contributed by atoms with Crippen LogP contribution in [0, 0.1) is 0 Å². The number of rotatable bonds is 6. The topological polar surface area (TPSA) is 84.5 Å². The van der Waals surface area contributed by atoms with Gasteiger partial charge in [-0.3, -0.25) is 14.4 Å². The molecule has 1 aromatic heterocycles. The Morgan fingerprint density at radius 1 is 1.33 bits per heavy atom. The first kappa shape index (κ1) is 14.2. The zero-order valence-electron chi connectivity index (χ0n) is 9.89. The average Bonchev–Trinajstić information content (AvgIpc) is 2.89. The van der Waals surface area contributed by atoms with Gasteiger partial charge in [0.1, 0.15) is 6.54 Å². The van der Waals surface area contributed by atoms with Crippen molar-refractivity contribution in [1.82, 2.24) is 10.6 Å². The summed E-state index contributed by atoms with van der Waals surface area (Å²) in [4.78, 5) is 33.5. The number of ether oxygens (including phenoxy) is 1. The second kappa shape index (κ2) is 7.44. The fraction of sp³-hybridized carbons (Fsp3) is 0.364. The van der Waals surface area contributed by atoms with Crippen molar-refractivity contribution in [2.24, 2.45) is 0 Å². The largest absolute Gasteiger partial charge is 0.468 e. The molecular formula is C11H14N2O4S. The van der Waals surface area contributed by atoms with Gasteiger partial charge in [-0.25, -0.2) is 0 Å². The van der Waals surface area contributed by atoms with Crippen LogP contribution in [-0.2, 0) is 14.3 Å². The molecule has 2 amide bonds. The predicted molar refractivity (Wildman–Crippen MR) is 66.3 cm³/mol. The minimum absolute atomic E-state index is 0.118. The van der Waals surface area contributed by atoms with Crippen LogP contribution in [0.25, 0.3) is 0 Å². The van der Waals surface area contributed by atoms with E-state index in [9.17, 15) is 14.4 Å². The smallest absolute Gasteiger partial charge is 0.325 e. The third-order valence-corrected chi connectivity index (χ3v) is 2.76. The Labute approximate surface area is 108 Å². The summed E-state index contributed by atoms with van der Waals surface area (Å²) in [6.45, 7) is 0.0650. The number of carbonyl (C=O) groups excluding carboxylic acids is 3. The van der Waals surface area contributed by atoms with Gasteiger partial charge in [-0.2, -0.15) is 11.3 Å². The molecule has 1 aromatic rings. The number of nitrogens with one attached hydrogen (secondary N) is 2. The Balaban J connectivity index is 2.16. The van der Waals surface area contributed by atoms with Crippen LogP contribution in [0.1, 0.15) is 16.8 Å². The lowest BCUT2D eigenvalue weighted by molar-refractivity contribution is -0.141. The summed E-state index contributed by atoms with van der Waals surface area (Å²) in [7, 11) is 1.25. The number of hydrogen-bond donors (Lipinski definition) is 2. The van der Waals surface area contributed by atoms with Crippen LogP contribution < -0.4 is 10.6 Å². The van der Waals surface area contributed by atoms with Crippen LogP contribution >= 0.6 is 11.3 Å². The van der Waals surface area contributed by atoms with E-state index in [0.29, 0.717) is 5.56 Å². The maximum absolute atomic E-state index is 11.5. The molecule has 0 fully saturated rings. The minimum atomic E-state index is -0.509. The van der Waals surface area contributed by atoms with Crippen molar-refractivity contribution in [3.63, 3.8) is 0 Å². The van der Waals surface area contributed by atoms with Gasteiger partial charge in [-0.15, -0.1) is 0 Å². The molecule has 1 rings (SSSR count). The van der Waals surface area contributed by atoms with Crippen molar-refractivity contribution >= 4 is 29.1 Å². The normalized spacial score (nSPS) is 9.61. The quantitative estimate of drug-likeness (QED) is 0.721. The number of thiophene rings is 1. The molecule has 98 valence electrons. The van der Waals surface area contributed by atoms with Gasteiger partial charge in [-0.1, -0.05) is 0 Å². The average molecular weight is 270 g/mol. The fourth-order valence-electron chi connectivity index (χ4n) is 1.12. The van der Waals surface area contributed by atoms with Gasteiger partial charge in [0, 0.05) is 23.9 Å². The third kappa shape index (κ3) is 4.96. The molecule has 1 heterocycles. The van der Waals surface area contributed by atoms with Gasteiger partial charge in [-0.05, 0) is 11.4 Å². The van der Waals surface area contributed by atoms with Crippen LogP contribution in [0.4, 0.5) is 0 Å². The number of methoxy groups -OCH3 is 1. The Bertz CT molecular complexity index is 417. The van der Waals surface area contributed by atoms with Crippen LogP contribution in [0.5, 0.6) is 0 Å². The van der Waals surface area contributed by atoms with E-state index in [0.717, 1.165) is 0 Å². The molecule has 0 aliphatic heterocycles. The van der Waals surface area contributed by atoms with Crippen LogP contribution in [-0.4, -0.2) is 38.0 Å². The molecule has 0 atom stereocenters. The molecule has 2 N–H and O–H groups in total. The van der Waals surface area contributed by atoms with E-state index in [-0.39, 0.29) is 31.3 Å². The molecule has 0 aromatic carbocycles. The van der Waals surface area contributed by atoms with Gasteiger partial charge in [0.05, 0.1) is 7.11 Å². The lowest BCUT2D eigenvalue weighted by Gasteiger charge is -2.05. The Kier molecular flexibility index (Phi) is 5.86. The molecule has 0 unspecified atom stereocenters. The first-order valence-corrected chi connectivity index (χ1v) is 6.21. The highest BCUT2D eigenvalue weighted by atomic mass is 32.1. The standard InChI is InChI=1S/C11H14N2O4S/c1-17-10(15)6-13-9(14)2-4-12-11(16)8-3-5-18-7-8/h3,5,7H,2,4,6H2,1H3,(H,12,16)(H,13,14). The lowest BCUT2D eigenvalue weighted by Crippen LogP contribution is -2.33. The van der Waals surface area contributed by atoms with Crippen molar-refractivity contribution in [3.8, 4) is 0 Å². The van der Waals surface area contributed by atoms with Gasteiger partial charge < -0.3 is 15.4 Å². The Hall–Kier alpha value is -1.89. The minimum Gasteiger partial charge on any atom is -0.468 e. The third-order valence-electron chi connectivity index (χ3n) is 2.08. The van der Waals surface area contributed by atoms with Crippen LogP contribution in [0.3, 0.4) is 0 Å². The monoisotopic (exact) mass is 270 g/mol. The summed E-state index contributed by atoms with van der Waals surface area (Å²) < 4.78 is 4.37. The highest BCUT2D eigenvalue weighted by molar-refractivity contribution is 7.08. The molecule has 0 bridgehead atoms. The van der Waals surface area contributed by atoms with Crippen LogP contribution in [0.2, 0.25) is 0 Å². The molecule has 0 saturated carbocycles. The highest BCUT2D eigenvalue weighted by Gasteiger charge is 2.07. The van der Waals surface area contributed by atoms with Gasteiger partial charge in [0.2, 0.25) is 5.91 Å². The second-order valence-electron chi connectivity index (χ2n) is 3.37. The van der Waals surface area contributed by atoms with E-state index in [1.807, 2.05) is 0 Å². The van der Waals surface area contributed by atoms with Crippen molar-refractivity contribution in [3.05, 3.63) is 22.4 Å². The second-order valence-corrected chi connectivity index (χ2v) is 4.15. The van der Waals surface area contributed by atoms with E-state index >= 15 is 0 Å². The lowest BCUT2D eigenvalue weighted by atomic mass is 10.3. The summed E-state index contributed by atoms with van der Waals surface area (Å²) in [5.74, 6) is -1.03. The predicted octanol–water partition coefficient (Wildman–Crippen LogP) is 0.157. The zero-order valence-corrected chi connectivity index (χ0v) is 10.7. The molecule has 0 aliphatic carbocycles. The molecule has 7 heteroatoms. The number of esters is 1. The number of hydrogen-bond acceptors (Lipinski definition) is 5. The van der Waals surface area contributed by atoms with Crippen molar-refractivity contribution in [2.75, 3.05) is 20.2 Å². The van der Waals surface area contributed by atoms with E-state index in [2.05, 4.69) is 15.4 Å². The first-order valence-electron chi connectivity index (χ1n) is 5.27. The maximum atomic E-state index is 11.5. The molecule has 0 spiro atoms. The van der Waals surface area contributed by atoms with E-state index in [4.69, 9.17) is 0 Å². The van der Waals surface area contributed by atoms with Gasteiger partial charge in [0.15, 0.2) is 0 Å². The number of amides is 2. The van der Waals surface area contributed by atoms with Gasteiger partial charge in [0.25, 0.3) is 5.91 Å². The van der Waals surface area contributed by atoms with Crippen LogP contribution in [0.15, 0.2) is 16.8 Å². The maximum Gasteiger partial charge on any atom is 0.325 e. The summed E-state index contributed by atoms with van der Waals surface area (Å²) >= 11 is 1.43. The first-order chi connectivity index (χ1) is 8.63. The van der Waals surface area contributed by atoms with E-state index < -0.39 is 5.97 Å². The highest BCUT2D eigenvalue weighted by Crippen LogP contribution is 2.04. The van der Waals surface area contributed by atoms with E-state index in [1.165, 1.54) is 18.4 Å². The molecule has 6 nitrogen and oxygen atoms in total. The summed E-state index contributed by atoms with van der Waals surface area (Å²) in [6, 6.07) is 1.71. The molecular weight excluding hydrogens is 256 g/mol. The summed E-state index contributed by atoms with van der Waals surface area (Å²) in [6.07, 6.45) is 0.118. The summed E-state index contributed by atoms with van der Waals surface area (Å²) in [5.41, 5.74) is 0.579. The zero-order chi connectivity index (χ0) is 13.4. The van der Waals surface area contributed by atoms with Gasteiger partial charge >= 0.3 is 5.97 Å². The van der Waals surface area contributed by atoms with Crippen molar-refractivity contribution in [2.45, 2.75) is 6.42 Å². The van der Waals surface area contributed by atoms with Crippen molar-refractivity contribution < 1.29 is 19.1 Å². The molecule has 0 radical (unpaired) electrons.